The van der Waals surface area contributed by atoms with E-state index in [4.69, 9.17) is 5.73 Å². The maximum absolute atomic E-state index is 13.6. The van der Waals surface area contributed by atoms with Crippen LogP contribution in [0.15, 0.2) is 36.4 Å². The van der Waals surface area contributed by atoms with Gasteiger partial charge in [-0.3, -0.25) is 0 Å². The summed E-state index contributed by atoms with van der Waals surface area (Å²) in [5, 5.41) is 0. The summed E-state index contributed by atoms with van der Waals surface area (Å²) in [6.45, 7) is 5.67. The maximum atomic E-state index is 13.6. The van der Waals surface area contributed by atoms with Gasteiger partial charge in [0.25, 0.3) is 0 Å². The third kappa shape index (κ3) is 2.42. The van der Waals surface area contributed by atoms with Crippen molar-refractivity contribution in [1.82, 2.24) is 0 Å². The van der Waals surface area contributed by atoms with Crippen LogP contribution >= 0.6 is 0 Å². The molecule has 1 aliphatic rings. The second-order valence-electron chi connectivity index (χ2n) is 5.76. The van der Waals surface area contributed by atoms with Crippen molar-refractivity contribution in [3.05, 3.63) is 64.5 Å². The monoisotopic (exact) mass is 284 g/mol. The fourth-order valence-corrected chi connectivity index (χ4v) is 3.26. The topological polar surface area (TPSA) is 29.3 Å². The van der Waals surface area contributed by atoms with Gasteiger partial charge in [0.05, 0.1) is 6.04 Å². The van der Waals surface area contributed by atoms with Crippen LogP contribution in [0, 0.1) is 19.7 Å². The summed E-state index contributed by atoms with van der Waals surface area (Å²) in [6, 6.07) is 11.5. The first kappa shape index (κ1) is 14.1. The molecule has 0 aliphatic carbocycles. The van der Waals surface area contributed by atoms with Gasteiger partial charge in [-0.05, 0) is 54.7 Å². The summed E-state index contributed by atoms with van der Waals surface area (Å²) in [7, 11) is 0. The fraction of sp³-hybridized carbons (Fsp3) is 0.333. The van der Waals surface area contributed by atoms with E-state index in [1.54, 1.807) is 6.07 Å². The van der Waals surface area contributed by atoms with E-state index in [-0.39, 0.29) is 11.9 Å². The van der Waals surface area contributed by atoms with Crippen LogP contribution in [0.1, 0.15) is 28.3 Å². The SMILES string of the molecule is Cc1cccc(C(CN)N2CCc3ccc(F)cc32)c1C. The molecule has 0 spiro atoms. The van der Waals surface area contributed by atoms with Gasteiger partial charge in [-0.2, -0.15) is 0 Å². The van der Waals surface area contributed by atoms with Crippen LogP contribution in [-0.2, 0) is 6.42 Å². The zero-order valence-electron chi connectivity index (χ0n) is 12.6. The summed E-state index contributed by atoms with van der Waals surface area (Å²) < 4.78 is 13.6. The van der Waals surface area contributed by atoms with Crippen molar-refractivity contribution in [2.45, 2.75) is 26.3 Å². The van der Waals surface area contributed by atoms with Crippen LogP contribution in [-0.4, -0.2) is 13.1 Å². The normalized spacial score (nSPS) is 15.1. The molecule has 0 radical (unpaired) electrons. The van der Waals surface area contributed by atoms with Crippen molar-refractivity contribution < 1.29 is 4.39 Å². The summed E-state index contributed by atoms with van der Waals surface area (Å²) in [6.07, 6.45) is 0.955. The highest BCUT2D eigenvalue weighted by Gasteiger charge is 2.27. The zero-order valence-corrected chi connectivity index (χ0v) is 12.6. The molecule has 2 nitrogen and oxygen atoms in total. The summed E-state index contributed by atoms with van der Waals surface area (Å²) in [5.74, 6) is -0.183. The van der Waals surface area contributed by atoms with Gasteiger partial charge in [0.15, 0.2) is 0 Å². The van der Waals surface area contributed by atoms with Crippen LogP contribution in [0.3, 0.4) is 0 Å². The number of benzene rings is 2. The molecule has 2 N–H and O–H groups in total. The Morgan fingerprint density at radius 3 is 2.81 bits per heavy atom. The van der Waals surface area contributed by atoms with Gasteiger partial charge in [-0.25, -0.2) is 4.39 Å². The van der Waals surface area contributed by atoms with Crippen molar-refractivity contribution in [2.75, 3.05) is 18.0 Å². The lowest BCUT2D eigenvalue weighted by molar-refractivity contribution is 0.620. The van der Waals surface area contributed by atoms with Gasteiger partial charge in [0, 0.05) is 18.8 Å². The number of fused-ring (bicyclic) bond motifs is 1. The van der Waals surface area contributed by atoms with Gasteiger partial charge in [-0.15, -0.1) is 0 Å². The Balaban J connectivity index is 2.03. The highest BCUT2D eigenvalue weighted by Crippen LogP contribution is 2.36. The van der Waals surface area contributed by atoms with Crippen LogP contribution in [0.2, 0.25) is 0 Å². The summed E-state index contributed by atoms with van der Waals surface area (Å²) in [5.41, 5.74) is 12.1. The van der Waals surface area contributed by atoms with Crippen molar-refractivity contribution in [1.29, 1.82) is 0 Å². The molecule has 0 saturated carbocycles. The van der Waals surface area contributed by atoms with E-state index in [1.807, 2.05) is 6.07 Å². The van der Waals surface area contributed by atoms with Crippen LogP contribution in [0.4, 0.5) is 10.1 Å². The van der Waals surface area contributed by atoms with E-state index < -0.39 is 0 Å². The Kier molecular flexibility index (Phi) is 3.68. The van der Waals surface area contributed by atoms with Gasteiger partial charge in [-0.1, -0.05) is 24.3 Å². The van der Waals surface area contributed by atoms with E-state index >= 15 is 0 Å². The van der Waals surface area contributed by atoms with Crippen molar-refractivity contribution in [3.8, 4) is 0 Å². The average molecular weight is 284 g/mol. The molecule has 0 aromatic heterocycles. The average Bonchev–Trinajstić information content (AvgIpc) is 2.87. The lowest BCUT2D eigenvalue weighted by Crippen LogP contribution is -2.33. The third-order valence-corrected chi connectivity index (χ3v) is 4.58. The number of nitrogens with two attached hydrogens (primary N) is 1. The van der Waals surface area contributed by atoms with Gasteiger partial charge >= 0.3 is 0 Å². The fourth-order valence-electron chi connectivity index (χ4n) is 3.26. The summed E-state index contributed by atoms with van der Waals surface area (Å²) in [4.78, 5) is 2.25. The summed E-state index contributed by atoms with van der Waals surface area (Å²) >= 11 is 0. The highest BCUT2D eigenvalue weighted by atomic mass is 19.1. The third-order valence-electron chi connectivity index (χ3n) is 4.58. The molecule has 0 fully saturated rings. The minimum atomic E-state index is -0.183. The molecule has 1 heterocycles. The number of halogens is 1. The van der Waals surface area contributed by atoms with Crippen molar-refractivity contribution >= 4 is 5.69 Å². The minimum Gasteiger partial charge on any atom is -0.363 e. The number of anilines is 1. The van der Waals surface area contributed by atoms with E-state index in [0.717, 1.165) is 18.7 Å². The van der Waals surface area contributed by atoms with Gasteiger partial charge < -0.3 is 10.6 Å². The molecule has 0 saturated heterocycles. The molecule has 1 unspecified atom stereocenters. The zero-order chi connectivity index (χ0) is 15.0. The standard InChI is InChI=1S/C18H21FN2/c1-12-4-3-5-16(13(12)2)18(11-20)21-9-8-14-6-7-15(19)10-17(14)21/h3-7,10,18H,8-9,11,20H2,1-2H3. The van der Waals surface area contributed by atoms with E-state index in [2.05, 4.69) is 36.9 Å². The molecule has 3 heteroatoms. The molecular weight excluding hydrogens is 263 g/mol. The molecule has 21 heavy (non-hydrogen) atoms. The molecule has 2 aromatic rings. The maximum Gasteiger partial charge on any atom is 0.125 e. The van der Waals surface area contributed by atoms with E-state index in [1.165, 1.54) is 28.3 Å². The molecule has 110 valence electrons. The first-order valence-corrected chi connectivity index (χ1v) is 7.43. The van der Waals surface area contributed by atoms with Crippen LogP contribution in [0.25, 0.3) is 0 Å². The second kappa shape index (κ2) is 5.49. The Labute approximate surface area is 125 Å². The van der Waals surface area contributed by atoms with Crippen LogP contribution in [0.5, 0.6) is 0 Å². The Morgan fingerprint density at radius 1 is 1.24 bits per heavy atom. The van der Waals surface area contributed by atoms with Gasteiger partial charge in [0.1, 0.15) is 5.82 Å². The molecule has 3 rings (SSSR count). The van der Waals surface area contributed by atoms with E-state index in [0.29, 0.717) is 6.54 Å². The van der Waals surface area contributed by atoms with Crippen molar-refractivity contribution in [3.63, 3.8) is 0 Å². The first-order chi connectivity index (χ1) is 10.1. The Bertz CT molecular complexity index is 666. The molecule has 0 bridgehead atoms. The smallest absolute Gasteiger partial charge is 0.125 e. The number of rotatable bonds is 3. The van der Waals surface area contributed by atoms with Crippen molar-refractivity contribution in [2.24, 2.45) is 5.73 Å². The lowest BCUT2D eigenvalue weighted by Gasteiger charge is -2.31. The number of hydrogen-bond acceptors (Lipinski definition) is 2. The number of hydrogen-bond donors (Lipinski definition) is 1. The number of aryl methyl sites for hydroxylation is 1. The second-order valence-corrected chi connectivity index (χ2v) is 5.76. The largest absolute Gasteiger partial charge is 0.363 e. The molecule has 1 atom stereocenters. The van der Waals surface area contributed by atoms with E-state index in [9.17, 15) is 4.39 Å². The lowest BCUT2D eigenvalue weighted by atomic mass is 9.96. The quantitative estimate of drug-likeness (QED) is 0.934. The molecule has 0 amide bonds. The van der Waals surface area contributed by atoms with Crippen LogP contribution < -0.4 is 10.6 Å². The predicted octanol–water partition coefficient (Wildman–Crippen LogP) is 3.51. The minimum absolute atomic E-state index is 0.105. The van der Waals surface area contributed by atoms with Gasteiger partial charge in [0.2, 0.25) is 0 Å². The molecular formula is C18H21FN2. The predicted molar refractivity (Wildman–Crippen MR) is 85.2 cm³/mol. The molecule has 1 aliphatic heterocycles. The Hall–Kier alpha value is -1.87. The highest BCUT2D eigenvalue weighted by molar-refractivity contribution is 5.60. The number of nitrogens with zero attached hydrogens (tertiary/aromatic N) is 1. The first-order valence-electron chi connectivity index (χ1n) is 7.43. The molecule has 2 aromatic carbocycles. The Morgan fingerprint density at radius 2 is 2.05 bits per heavy atom.